The minimum atomic E-state index is -0.681. The Morgan fingerprint density at radius 3 is 2.35 bits per heavy atom. The van der Waals surface area contributed by atoms with E-state index in [1.54, 1.807) is 37.5 Å². The summed E-state index contributed by atoms with van der Waals surface area (Å²) in [6.07, 6.45) is 1.52. The highest BCUT2D eigenvalue weighted by molar-refractivity contribution is 7.07. The van der Waals surface area contributed by atoms with Gasteiger partial charge in [0.1, 0.15) is 12.4 Å². The van der Waals surface area contributed by atoms with Gasteiger partial charge < -0.3 is 9.47 Å². The molecule has 1 aromatic heterocycles. The fourth-order valence-corrected chi connectivity index (χ4v) is 5.66. The van der Waals surface area contributed by atoms with Crippen molar-refractivity contribution in [3.05, 3.63) is 131 Å². The number of hydrogen-bond acceptors (Lipinski definition) is 6. The number of ether oxygens (including phenoxy) is 2. The topological polar surface area (TPSA) is 69.9 Å². The molecule has 6 nitrogen and oxygen atoms in total. The van der Waals surface area contributed by atoms with Gasteiger partial charge >= 0.3 is 5.97 Å². The van der Waals surface area contributed by atoms with Crippen LogP contribution in [0.3, 0.4) is 0 Å². The Labute approximate surface area is 241 Å². The minimum Gasteiger partial charge on any atom is -0.489 e. The summed E-state index contributed by atoms with van der Waals surface area (Å²) >= 11 is 7.43. The Morgan fingerprint density at radius 2 is 1.70 bits per heavy atom. The number of allylic oxidation sites excluding steroid dienone is 1. The van der Waals surface area contributed by atoms with E-state index in [9.17, 15) is 9.59 Å². The molecule has 0 saturated heterocycles. The number of carbonyl (C=O) groups is 1. The number of rotatable bonds is 7. The van der Waals surface area contributed by atoms with Crippen molar-refractivity contribution in [3.8, 4) is 5.75 Å². The van der Waals surface area contributed by atoms with Crippen LogP contribution < -0.4 is 19.6 Å². The first-order valence-corrected chi connectivity index (χ1v) is 14.2. The molecular formula is C32H29ClN2O4S. The summed E-state index contributed by atoms with van der Waals surface area (Å²) in [5.41, 5.74) is 4.53. The quantitative estimate of drug-likeness (QED) is 0.265. The lowest BCUT2D eigenvalue weighted by Crippen LogP contribution is -2.40. The molecular weight excluding hydrogens is 544 g/mol. The van der Waals surface area contributed by atoms with Crippen LogP contribution in [-0.4, -0.2) is 16.6 Å². The molecule has 204 valence electrons. The van der Waals surface area contributed by atoms with Gasteiger partial charge in [0.2, 0.25) is 0 Å². The zero-order valence-corrected chi connectivity index (χ0v) is 24.3. The second kappa shape index (κ2) is 11.7. The number of aromatic nitrogens is 1. The number of hydrogen-bond donors (Lipinski definition) is 0. The fraction of sp³-hybridized carbons (Fsp3) is 0.219. The number of aryl methyl sites for hydroxylation is 1. The van der Waals surface area contributed by atoms with Crippen LogP contribution >= 0.6 is 22.9 Å². The molecule has 1 atom stereocenters. The first kappa shape index (κ1) is 27.6. The van der Waals surface area contributed by atoms with E-state index < -0.39 is 12.0 Å². The van der Waals surface area contributed by atoms with Crippen molar-refractivity contribution in [2.45, 2.75) is 46.4 Å². The van der Waals surface area contributed by atoms with Gasteiger partial charge in [0.05, 0.1) is 27.9 Å². The lowest BCUT2D eigenvalue weighted by atomic mass is 9.96. The molecule has 0 aliphatic carbocycles. The van der Waals surface area contributed by atoms with Crippen LogP contribution in [0.1, 0.15) is 49.1 Å². The van der Waals surface area contributed by atoms with Crippen molar-refractivity contribution in [1.29, 1.82) is 0 Å². The summed E-state index contributed by atoms with van der Waals surface area (Å²) in [7, 11) is 0. The van der Waals surface area contributed by atoms with Gasteiger partial charge in [0.25, 0.3) is 5.56 Å². The van der Waals surface area contributed by atoms with Crippen LogP contribution in [0.2, 0.25) is 5.02 Å². The molecule has 0 saturated carbocycles. The molecule has 1 aliphatic rings. The van der Waals surface area contributed by atoms with E-state index in [0.29, 0.717) is 32.2 Å². The number of carbonyl (C=O) groups excluding carboxylic acids is 1. The largest absolute Gasteiger partial charge is 0.489 e. The molecule has 0 amide bonds. The predicted octanol–water partition coefficient (Wildman–Crippen LogP) is 5.73. The Bertz CT molecular complexity index is 1750. The average Bonchev–Trinajstić information content (AvgIpc) is 3.22. The maximum absolute atomic E-state index is 13.8. The van der Waals surface area contributed by atoms with Gasteiger partial charge in [-0.2, -0.15) is 0 Å². The highest BCUT2D eigenvalue weighted by Gasteiger charge is 2.33. The summed E-state index contributed by atoms with van der Waals surface area (Å²) in [5.74, 6) is 0.248. The van der Waals surface area contributed by atoms with E-state index in [-0.39, 0.29) is 11.7 Å². The molecule has 0 N–H and O–H groups in total. The standard InChI is InChI=1S/C32H29ClN2O4S/c1-19(2)39-31(37)28-21(4)34-32-35(29(28)24-11-13-25(33)14-12-24)30(36)27(40-32)17-22-9-15-26(16-10-22)38-18-23-7-5-20(3)6-8-23/h5-17,19,29H,18H2,1-4H3. The Morgan fingerprint density at radius 1 is 1.02 bits per heavy atom. The Hall–Kier alpha value is -3.94. The van der Waals surface area contributed by atoms with Crippen molar-refractivity contribution in [2.75, 3.05) is 0 Å². The molecule has 5 rings (SSSR count). The number of halogens is 1. The molecule has 3 aromatic carbocycles. The van der Waals surface area contributed by atoms with Crippen LogP contribution in [-0.2, 0) is 16.1 Å². The highest BCUT2D eigenvalue weighted by Crippen LogP contribution is 2.31. The van der Waals surface area contributed by atoms with Gasteiger partial charge in [-0.15, -0.1) is 0 Å². The van der Waals surface area contributed by atoms with Crippen LogP contribution in [0.25, 0.3) is 6.08 Å². The summed E-state index contributed by atoms with van der Waals surface area (Å²) in [4.78, 5) is 32.1. The molecule has 1 aliphatic heterocycles. The van der Waals surface area contributed by atoms with Crippen molar-refractivity contribution >= 4 is 35.0 Å². The van der Waals surface area contributed by atoms with E-state index in [4.69, 9.17) is 21.1 Å². The van der Waals surface area contributed by atoms with Crippen LogP contribution in [0.15, 0.2) is 93.9 Å². The number of benzene rings is 3. The first-order chi connectivity index (χ1) is 19.2. The maximum Gasteiger partial charge on any atom is 0.338 e. The van der Waals surface area contributed by atoms with Crippen molar-refractivity contribution in [2.24, 2.45) is 4.99 Å². The van der Waals surface area contributed by atoms with Crippen molar-refractivity contribution < 1.29 is 14.3 Å². The van der Waals surface area contributed by atoms with Crippen molar-refractivity contribution in [3.63, 3.8) is 0 Å². The van der Waals surface area contributed by atoms with Crippen LogP contribution in [0.4, 0.5) is 0 Å². The van der Waals surface area contributed by atoms with E-state index in [1.165, 1.54) is 16.9 Å². The molecule has 0 radical (unpaired) electrons. The van der Waals surface area contributed by atoms with Gasteiger partial charge in [-0.25, -0.2) is 9.79 Å². The molecule has 1 unspecified atom stereocenters. The van der Waals surface area contributed by atoms with E-state index in [1.807, 2.05) is 42.5 Å². The lowest BCUT2D eigenvalue weighted by molar-refractivity contribution is -0.143. The normalized spacial score (nSPS) is 15.2. The van der Waals surface area contributed by atoms with E-state index in [0.717, 1.165) is 22.4 Å². The van der Waals surface area contributed by atoms with Gasteiger partial charge in [0.15, 0.2) is 4.80 Å². The van der Waals surface area contributed by atoms with Crippen molar-refractivity contribution in [1.82, 2.24) is 4.57 Å². The average molecular weight is 573 g/mol. The van der Waals surface area contributed by atoms with E-state index >= 15 is 0 Å². The summed E-state index contributed by atoms with van der Waals surface area (Å²) in [5, 5.41) is 0.564. The molecule has 8 heteroatoms. The number of fused-ring (bicyclic) bond motifs is 1. The van der Waals surface area contributed by atoms with Gasteiger partial charge in [-0.3, -0.25) is 9.36 Å². The van der Waals surface area contributed by atoms with E-state index in [2.05, 4.69) is 36.2 Å². The Balaban J connectivity index is 1.49. The first-order valence-electron chi connectivity index (χ1n) is 13.0. The highest BCUT2D eigenvalue weighted by atomic mass is 35.5. The Kier molecular flexibility index (Phi) is 8.05. The summed E-state index contributed by atoms with van der Waals surface area (Å²) in [6.45, 7) is 7.88. The SMILES string of the molecule is CC1=C(C(=O)OC(C)C)C(c2ccc(Cl)cc2)n2c(sc(=Cc3ccc(OCc4ccc(C)cc4)cc3)c2=O)=N1. The molecule has 0 spiro atoms. The predicted molar refractivity (Wildman–Crippen MR) is 158 cm³/mol. The molecule has 4 aromatic rings. The molecule has 0 bridgehead atoms. The third kappa shape index (κ3) is 5.96. The van der Waals surface area contributed by atoms with Gasteiger partial charge in [-0.05, 0) is 74.7 Å². The van der Waals surface area contributed by atoms with Gasteiger partial charge in [0, 0.05) is 5.02 Å². The zero-order valence-electron chi connectivity index (χ0n) is 22.7. The molecule has 40 heavy (non-hydrogen) atoms. The van der Waals surface area contributed by atoms with Crippen LogP contribution in [0.5, 0.6) is 5.75 Å². The third-order valence-corrected chi connectivity index (χ3v) is 7.71. The number of thiazole rings is 1. The van der Waals surface area contributed by atoms with Gasteiger partial charge in [-0.1, -0.05) is 77.0 Å². The minimum absolute atomic E-state index is 0.231. The monoisotopic (exact) mass is 572 g/mol. The fourth-order valence-electron chi connectivity index (χ4n) is 4.48. The van der Waals surface area contributed by atoms with Crippen LogP contribution in [0, 0.1) is 6.92 Å². The smallest absolute Gasteiger partial charge is 0.338 e. The molecule has 2 heterocycles. The number of nitrogens with zero attached hydrogens (tertiary/aromatic N) is 2. The molecule has 0 fully saturated rings. The maximum atomic E-state index is 13.8. The summed E-state index contributed by atoms with van der Waals surface area (Å²) < 4.78 is 13.5. The zero-order chi connectivity index (χ0) is 28.4. The lowest BCUT2D eigenvalue weighted by Gasteiger charge is -2.25. The summed E-state index contributed by atoms with van der Waals surface area (Å²) in [6, 6.07) is 22.3. The second-order valence-corrected chi connectivity index (χ2v) is 11.4. The number of esters is 1. The third-order valence-electron chi connectivity index (χ3n) is 6.47. The second-order valence-electron chi connectivity index (χ2n) is 9.93.